The van der Waals surface area contributed by atoms with E-state index in [1.54, 1.807) is 0 Å². The fourth-order valence-electron chi connectivity index (χ4n) is 1.95. The van der Waals surface area contributed by atoms with Crippen molar-refractivity contribution in [1.29, 1.82) is 0 Å². The molecule has 2 aromatic heterocycles. The Kier molecular flexibility index (Phi) is 4.44. The quantitative estimate of drug-likeness (QED) is 0.893. The maximum atomic E-state index is 4.47. The molecule has 0 aliphatic carbocycles. The topological polar surface area (TPSA) is 50.7 Å². The molecular weight excluding hydrogens is 236 g/mol. The van der Waals surface area contributed by atoms with Gasteiger partial charge in [-0.25, -0.2) is 9.97 Å². The standard InChI is InChI=1S/C15H20N4/c1-4-12-6-7-13(17-10-12)8-14-9-15(16-5-2)19-11(3)18-14/h6-7,9-10H,4-5,8H2,1-3H3,(H,16,18,19). The summed E-state index contributed by atoms with van der Waals surface area (Å²) in [5, 5.41) is 3.22. The number of pyridine rings is 1. The van der Waals surface area contributed by atoms with Crippen molar-refractivity contribution in [3.63, 3.8) is 0 Å². The molecule has 0 unspecified atom stereocenters. The monoisotopic (exact) mass is 256 g/mol. The van der Waals surface area contributed by atoms with E-state index in [-0.39, 0.29) is 0 Å². The van der Waals surface area contributed by atoms with Gasteiger partial charge in [0.05, 0.1) is 5.69 Å². The Labute approximate surface area is 114 Å². The molecule has 0 spiro atoms. The lowest BCUT2D eigenvalue weighted by atomic mass is 10.1. The lowest BCUT2D eigenvalue weighted by Crippen LogP contribution is -2.05. The highest BCUT2D eigenvalue weighted by Crippen LogP contribution is 2.11. The lowest BCUT2D eigenvalue weighted by molar-refractivity contribution is 0.937. The van der Waals surface area contributed by atoms with Crippen LogP contribution in [0.15, 0.2) is 24.4 Å². The number of rotatable bonds is 5. The van der Waals surface area contributed by atoms with E-state index in [1.807, 2.05) is 19.2 Å². The fourth-order valence-corrected chi connectivity index (χ4v) is 1.95. The van der Waals surface area contributed by atoms with E-state index in [9.17, 15) is 0 Å². The second-order valence-electron chi connectivity index (χ2n) is 4.51. The van der Waals surface area contributed by atoms with Crippen molar-refractivity contribution < 1.29 is 0 Å². The highest BCUT2D eigenvalue weighted by Gasteiger charge is 2.04. The molecule has 0 fully saturated rings. The molecule has 19 heavy (non-hydrogen) atoms. The molecule has 100 valence electrons. The third kappa shape index (κ3) is 3.74. The smallest absolute Gasteiger partial charge is 0.129 e. The van der Waals surface area contributed by atoms with Crippen LogP contribution in [0.5, 0.6) is 0 Å². The summed E-state index contributed by atoms with van der Waals surface area (Å²) in [6.45, 7) is 6.96. The number of nitrogens with zero attached hydrogens (tertiary/aromatic N) is 3. The van der Waals surface area contributed by atoms with Gasteiger partial charge in [0.2, 0.25) is 0 Å². The van der Waals surface area contributed by atoms with Gasteiger partial charge < -0.3 is 5.32 Å². The van der Waals surface area contributed by atoms with Crippen LogP contribution in [0.4, 0.5) is 5.82 Å². The Hall–Kier alpha value is -1.97. The van der Waals surface area contributed by atoms with Gasteiger partial charge in [-0.15, -0.1) is 0 Å². The second-order valence-corrected chi connectivity index (χ2v) is 4.51. The molecule has 0 aromatic carbocycles. The maximum absolute atomic E-state index is 4.47. The van der Waals surface area contributed by atoms with Crippen molar-refractivity contribution in [3.05, 3.63) is 47.2 Å². The molecular formula is C15H20N4. The Morgan fingerprint density at radius 1 is 1.11 bits per heavy atom. The summed E-state index contributed by atoms with van der Waals surface area (Å²) in [6.07, 6.45) is 3.70. The van der Waals surface area contributed by atoms with Crippen LogP contribution in [-0.2, 0) is 12.8 Å². The van der Waals surface area contributed by atoms with Gasteiger partial charge in [0, 0.05) is 30.9 Å². The summed E-state index contributed by atoms with van der Waals surface area (Å²) in [5.41, 5.74) is 3.30. The Morgan fingerprint density at radius 2 is 1.95 bits per heavy atom. The first-order valence-corrected chi connectivity index (χ1v) is 6.73. The zero-order chi connectivity index (χ0) is 13.7. The molecule has 0 saturated heterocycles. The number of aromatic nitrogens is 3. The fraction of sp³-hybridized carbons (Fsp3) is 0.400. The Bertz CT molecular complexity index is 534. The first-order chi connectivity index (χ1) is 9.21. The molecule has 2 rings (SSSR count). The zero-order valence-corrected chi connectivity index (χ0v) is 11.8. The summed E-state index contributed by atoms with van der Waals surface area (Å²) in [4.78, 5) is 13.3. The summed E-state index contributed by atoms with van der Waals surface area (Å²) in [7, 11) is 0. The van der Waals surface area contributed by atoms with Crippen molar-refractivity contribution in [1.82, 2.24) is 15.0 Å². The molecule has 0 saturated carbocycles. The molecule has 0 atom stereocenters. The van der Waals surface area contributed by atoms with Crippen LogP contribution >= 0.6 is 0 Å². The summed E-state index contributed by atoms with van der Waals surface area (Å²) < 4.78 is 0. The van der Waals surface area contributed by atoms with Gasteiger partial charge in [-0.1, -0.05) is 13.0 Å². The van der Waals surface area contributed by atoms with Crippen LogP contribution in [0.1, 0.15) is 36.6 Å². The molecule has 4 nitrogen and oxygen atoms in total. The van der Waals surface area contributed by atoms with Crippen molar-refractivity contribution in [2.45, 2.75) is 33.6 Å². The lowest BCUT2D eigenvalue weighted by Gasteiger charge is -2.07. The zero-order valence-electron chi connectivity index (χ0n) is 11.8. The molecule has 2 aromatic rings. The second kappa shape index (κ2) is 6.27. The minimum Gasteiger partial charge on any atom is -0.370 e. The molecule has 0 aliphatic heterocycles. The van der Waals surface area contributed by atoms with E-state index < -0.39 is 0 Å². The van der Waals surface area contributed by atoms with Crippen LogP contribution in [0.25, 0.3) is 0 Å². The minimum atomic E-state index is 0.742. The number of hydrogen-bond donors (Lipinski definition) is 1. The van der Waals surface area contributed by atoms with Crippen LogP contribution < -0.4 is 5.32 Å². The van der Waals surface area contributed by atoms with E-state index in [2.05, 4.69) is 46.2 Å². The number of anilines is 1. The van der Waals surface area contributed by atoms with Crippen LogP contribution in [0.3, 0.4) is 0 Å². The predicted molar refractivity (Wildman–Crippen MR) is 77.4 cm³/mol. The predicted octanol–water partition coefficient (Wildman–Crippen LogP) is 2.77. The van der Waals surface area contributed by atoms with Gasteiger partial charge in [0.25, 0.3) is 0 Å². The van der Waals surface area contributed by atoms with E-state index in [1.165, 1.54) is 5.56 Å². The summed E-state index contributed by atoms with van der Waals surface area (Å²) >= 11 is 0. The van der Waals surface area contributed by atoms with E-state index in [4.69, 9.17) is 0 Å². The van der Waals surface area contributed by atoms with Crippen molar-refractivity contribution in [2.24, 2.45) is 0 Å². The average molecular weight is 256 g/mol. The summed E-state index contributed by atoms with van der Waals surface area (Å²) in [6, 6.07) is 6.19. The van der Waals surface area contributed by atoms with E-state index >= 15 is 0 Å². The van der Waals surface area contributed by atoms with E-state index in [0.717, 1.165) is 42.4 Å². The van der Waals surface area contributed by atoms with Gasteiger partial charge >= 0.3 is 0 Å². The number of aryl methyl sites for hydroxylation is 2. The SMILES string of the molecule is CCNc1cc(Cc2ccc(CC)cn2)nc(C)n1. The van der Waals surface area contributed by atoms with E-state index in [0.29, 0.717) is 0 Å². The number of nitrogens with one attached hydrogen (secondary N) is 1. The van der Waals surface area contributed by atoms with Gasteiger partial charge in [-0.3, -0.25) is 4.98 Å². The molecule has 0 amide bonds. The molecule has 4 heteroatoms. The molecule has 1 N–H and O–H groups in total. The highest BCUT2D eigenvalue weighted by atomic mass is 15.0. The Morgan fingerprint density at radius 3 is 2.58 bits per heavy atom. The Balaban J connectivity index is 2.17. The maximum Gasteiger partial charge on any atom is 0.129 e. The third-order valence-corrected chi connectivity index (χ3v) is 2.91. The first kappa shape index (κ1) is 13.5. The van der Waals surface area contributed by atoms with Crippen molar-refractivity contribution in [3.8, 4) is 0 Å². The summed E-state index contributed by atoms with van der Waals surface area (Å²) in [5.74, 6) is 1.67. The van der Waals surface area contributed by atoms with Crippen molar-refractivity contribution in [2.75, 3.05) is 11.9 Å². The average Bonchev–Trinajstić information content (AvgIpc) is 2.39. The van der Waals surface area contributed by atoms with Crippen LogP contribution in [0, 0.1) is 6.92 Å². The highest BCUT2D eigenvalue weighted by molar-refractivity contribution is 5.36. The molecule has 0 radical (unpaired) electrons. The van der Waals surface area contributed by atoms with Crippen LogP contribution in [-0.4, -0.2) is 21.5 Å². The molecule has 0 bridgehead atoms. The largest absolute Gasteiger partial charge is 0.370 e. The van der Waals surface area contributed by atoms with Crippen molar-refractivity contribution >= 4 is 5.82 Å². The van der Waals surface area contributed by atoms with Gasteiger partial charge in [0.1, 0.15) is 11.6 Å². The van der Waals surface area contributed by atoms with Gasteiger partial charge in [-0.05, 0) is 31.9 Å². The first-order valence-electron chi connectivity index (χ1n) is 6.73. The number of hydrogen-bond acceptors (Lipinski definition) is 4. The van der Waals surface area contributed by atoms with Gasteiger partial charge in [-0.2, -0.15) is 0 Å². The third-order valence-electron chi connectivity index (χ3n) is 2.91. The minimum absolute atomic E-state index is 0.742. The molecule has 0 aliphatic rings. The molecule has 2 heterocycles. The van der Waals surface area contributed by atoms with Crippen LogP contribution in [0.2, 0.25) is 0 Å². The normalized spacial score (nSPS) is 10.5. The van der Waals surface area contributed by atoms with Gasteiger partial charge in [0.15, 0.2) is 0 Å².